The molecule has 0 amide bonds. The lowest BCUT2D eigenvalue weighted by molar-refractivity contribution is 0.499. The Morgan fingerprint density at radius 1 is 1.38 bits per heavy atom. The van der Waals surface area contributed by atoms with Crippen LogP contribution in [0.4, 0.5) is 0 Å². The standard InChI is InChI=1S/C9H13N7/c1-16-8(13-6-14-16)5-7(15-10)9-11-3-2-4-12-9/h2-4,6-7,15H,5,10H2,1H3. The third-order valence-electron chi connectivity index (χ3n) is 2.29. The van der Waals surface area contributed by atoms with E-state index < -0.39 is 0 Å². The van der Waals surface area contributed by atoms with Crippen molar-refractivity contribution >= 4 is 0 Å². The van der Waals surface area contributed by atoms with E-state index in [1.807, 2.05) is 7.05 Å². The molecule has 0 aliphatic carbocycles. The van der Waals surface area contributed by atoms with Gasteiger partial charge in [-0.15, -0.1) is 0 Å². The van der Waals surface area contributed by atoms with Crippen LogP contribution in [0.25, 0.3) is 0 Å². The molecule has 1 atom stereocenters. The number of hydrogen-bond donors (Lipinski definition) is 2. The first-order valence-corrected chi connectivity index (χ1v) is 4.87. The van der Waals surface area contributed by atoms with E-state index in [0.29, 0.717) is 12.2 Å². The van der Waals surface area contributed by atoms with E-state index in [1.165, 1.54) is 6.33 Å². The summed E-state index contributed by atoms with van der Waals surface area (Å²) in [6.07, 6.45) is 5.47. The van der Waals surface area contributed by atoms with E-state index in [0.717, 1.165) is 5.82 Å². The summed E-state index contributed by atoms with van der Waals surface area (Å²) in [5, 5.41) is 3.99. The lowest BCUT2D eigenvalue weighted by atomic mass is 10.2. The molecule has 7 nitrogen and oxygen atoms in total. The largest absolute Gasteiger partial charge is 0.271 e. The Morgan fingerprint density at radius 3 is 2.69 bits per heavy atom. The summed E-state index contributed by atoms with van der Waals surface area (Å²) in [5.74, 6) is 6.96. The molecule has 7 heteroatoms. The van der Waals surface area contributed by atoms with Crippen molar-refractivity contribution in [3.63, 3.8) is 0 Å². The fraction of sp³-hybridized carbons (Fsp3) is 0.333. The average Bonchev–Trinajstić information content (AvgIpc) is 2.73. The first kappa shape index (κ1) is 10.7. The zero-order valence-electron chi connectivity index (χ0n) is 8.91. The number of rotatable bonds is 4. The molecule has 1 unspecified atom stereocenters. The Bertz CT molecular complexity index is 438. The maximum Gasteiger partial charge on any atom is 0.146 e. The predicted molar refractivity (Wildman–Crippen MR) is 56.8 cm³/mol. The van der Waals surface area contributed by atoms with E-state index >= 15 is 0 Å². The van der Waals surface area contributed by atoms with Crippen molar-refractivity contribution in [3.8, 4) is 0 Å². The summed E-state index contributed by atoms with van der Waals surface area (Å²) < 4.78 is 1.70. The first-order chi connectivity index (χ1) is 7.81. The highest BCUT2D eigenvalue weighted by Crippen LogP contribution is 2.10. The summed E-state index contributed by atoms with van der Waals surface area (Å²) in [7, 11) is 1.84. The van der Waals surface area contributed by atoms with Gasteiger partial charge < -0.3 is 0 Å². The van der Waals surface area contributed by atoms with Crippen molar-refractivity contribution in [2.75, 3.05) is 0 Å². The van der Waals surface area contributed by atoms with Crippen LogP contribution in [0.3, 0.4) is 0 Å². The van der Waals surface area contributed by atoms with Crippen LogP contribution >= 0.6 is 0 Å². The summed E-state index contributed by atoms with van der Waals surface area (Å²) >= 11 is 0. The molecular weight excluding hydrogens is 206 g/mol. The Labute approximate surface area is 92.7 Å². The van der Waals surface area contributed by atoms with Gasteiger partial charge in [0.1, 0.15) is 18.0 Å². The van der Waals surface area contributed by atoms with Gasteiger partial charge in [0.15, 0.2) is 0 Å². The van der Waals surface area contributed by atoms with Gasteiger partial charge in [0.25, 0.3) is 0 Å². The molecule has 0 fully saturated rings. The van der Waals surface area contributed by atoms with Crippen LogP contribution in [-0.4, -0.2) is 24.7 Å². The van der Waals surface area contributed by atoms with Gasteiger partial charge in [-0.1, -0.05) is 0 Å². The fourth-order valence-corrected chi connectivity index (χ4v) is 1.40. The van der Waals surface area contributed by atoms with Crippen molar-refractivity contribution in [3.05, 3.63) is 36.4 Å². The monoisotopic (exact) mass is 219 g/mol. The fourth-order valence-electron chi connectivity index (χ4n) is 1.40. The lowest BCUT2D eigenvalue weighted by Crippen LogP contribution is -2.31. The average molecular weight is 219 g/mol. The van der Waals surface area contributed by atoms with Crippen LogP contribution in [0.5, 0.6) is 0 Å². The molecule has 0 saturated carbocycles. The molecule has 0 aromatic carbocycles. The Morgan fingerprint density at radius 2 is 2.12 bits per heavy atom. The number of hydrazine groups is 1. The van der Waals surface area contributed by atoms with Crippen LogP contribution in [0, 0.1) is 0 Å². The summed E-state index contributed by atoms with van der Waals surface area (Å²) in [6.45, 7) is 0. The molecule has 2 aromatic heterocycles. The maximum atomic E-state index is 5.48. The molecule has 0 spiro atoms. The number of nitrogens with two attached hydrogens (primary N) is 1. The molecule has 2 aromatic rings. The molecule has 0 bridgehead atoms. The Kier molecular flexibility index (Phi) is 3.18. The quantitative estimate of drug-likeness (QED) is 0.524. The molecule has 0 aliphatic rings. The van der Waals surface area contributed by atoms with Crippen LogP contribution in [0.15, 0.2) is 24.8 Å². The van der Waals surface area contributed by atoms with Crippen molar-refractivity contribution in [2.45, 2.75) is 12.5 Å². The first-order valence-electron chi connectivity index (χ1n) is 4.87. The zero-order chi connectivity index (χ0) is 11.4. The molecule has 2 rings (SSSR count). The van der Waals surface area contributed by atoms with Crippen molar-refractivity contribution in [2.24, 2.45) is 12.9 Å². The molecule has 0 radical (unpaired) electrons. The topological polar surface area (TPSA) is 94.5 Å². The maximum absolute atomic E-state index is 5.48. The summed E-state index contributed by atoms with van der Waals surface area (Å²) in [4.78, 5) is 12.4. The normalized spacial score (nSPS) is 12.6. The van der Waals surface area contributed by atoms with E-state index in [1.54, 1.807) is 23.1 Å². The van der Waals surface area contributed by atoms with Crippen LogP contribution in [0.2, 0.25) is 0 Å². The van der Waals surface area contributed by atoms with Gasteiger partial charge in [0.05, 0.1) is 6.04 Å². The molecule has 0 aliphatic heterocycles. The second kappa shape index (κ2) is 4.77. The van der Waals surface area contributed by atoms with Gasteiger partial charge in [-0.25, -0.2) is 20.4 Å². The van der Waals surface area contributed by atoms with Gasteiger partial charge in [-0.05, 0) is 6.07 Å². The number of nitrogens with zero attached hydrogens (tertiary/aromatic N) is 5. The summed E-state index contributed by atoms with van der Waals surface area (Å²) in [6, 6.07) is 1.60. The predicted octanol–water partition coefficient (Wildman–Crippen LogP) is -0.648. The van der Waals surface area contributed by atoms with Crippen LogP contribution in [-0.2, 0) is 13.5 Å². The van der Waals surface area contributed by atoms with Crippen LogP contribution in [0.1, 0.15) is 17.7 Å². The van der Waals surface area contributed by atoms with E-state index in [4.69, 9.17) is 5.84 Å². The van der Waals surface area contributed by atoms with Gasteiger partial charge in [0, 0.05) is 25.9 Å². The molecule has 3 N–H and O–H groups in total. The van der Waals surface area contributed by atoms with Crippen LogP contribution < -0.4 is 11.3 Å². The minimum atomic E-state index is -0.163. The molecule has 16 heavy (non-hydrogen) atoms. The Hall–Kier alpha value is -1.86. The minimum absolute atomic E-state index is 0.163. The summed E-state index contributed by atoms with van der Waals surface area (Å²) in [5.41, 5.74) is 2.68. The highest BCUT2D eigenvalue weighted by Gasteiger charge is 2.15. The highest BCUT2D eigenvalue weighted by molar-refractivity contribution is 5.00. The highest BCUT2D eigenvalue weighted by atomic mass is 15.3. The number of nitrogens with one attached hydrogen (secondary N) is 1. The molecule has 84 valence electrons. The molecule has 2 heterocycles. The lowest BCUT2D eigenvalue weighted by Gasteiger charge is -2.13. The zero-order valence-corrected chi connectivity index (χ0v) is 8.91. The van der Waals surface area contributed by atoms with Gasteiger partial charge in [-0.2, -0.15) is 5.10 Å². The van der Waals surface area contributed by atoms with E-state index in [-0.39, 0.29) is 6.04 Å². The second-order valence-corrected chi connectivity index (χ2v) is 3.33. The number of aryl methyl sites for hydroxylation is 1. The second-order valence-electron chi connectivity index (χ2n) is 3.33. The van der Waals surface area contributed by atoms with Gasteiger partial charge >= 0.3 is 0 Å². The van der Waals surface area contributed by atoms with Gasteiger partial charge in [-0.3, -0.25) is 10.5 Å². The molecular formula is C9H13N7. The minimum Gasteiger partial charge on any atom is -0.271 e. The van der Waals surface area contributed by atoms with E-state index in [2.05, 4.69) is 25.5 Å². The molecule has 0 saturated heterocycles. The smallest absolute Gasteiger partial charge is 0.146 e. The van der Waals surface area contributed by atoms with E-state index in [9.17, 15) is 0 Å². The third-order valence-corrected chi connectivity index (χ3v) is 2.29. The number of hydrogen-bond acceptors (Lipinski definition) is 6. The SMILES string of the molecule is Cn1ncnc1CC(NN)c1ncccn1. The van der Waals surface area contributed by atoms with Crippen molar-refractivity contribution in [1.29, 1.82) is 0 Å². The van der Waals surface area contributed by atoms with Crippen molar-refractivity contribution in [1.82, 2.24) is 30.2 Å². The Balaban J connectivity index is 2.16. The number of aromatic nitrogens is 5. The van der Waals surface area contributed by atoms with Crippen molar-refractivity contribution < 1.29 is 0 Å². The third kappa shape index (κ3) is 2.20. The van der Waals surface area contributed by atoms with Gasteiger partial charge in [0.2, 0.25) is 0 Å².